The Hall–Kier alpha value is -1.76. The molecule has 0 bridgehead atoms. The maximum Gasteiger partial charge on any atom is 0.263 e. The number of carbonyl (C=O) groups is 1. The normalized spacial score (nSPS) is 19.2. The predicted molar refractivity (Wildman–Crippen MR) is 90.5 cm³/mol. The number of amides is 1. The average Bonchev–Trinajstić information content (AvgIpc) is 3.02. The van der Waals surface area contributed by atoms with E-state index >= 15 is 0 Å². The number of thiazole rings is 1. The van der Waals surface area contributed by atoms with Gasteiger partial charge < -0.3 is 10.1 Å². The van der Waals surface area contributed by atoms with E-state index in [-0.39, 0.29) is 12.0 Å². The molecule has 2 aromatic rings. The highest BCUT2D eigenvalue weighted by Crippen LogP contribution is 2.11. The van der Waals surface area contributed by atoms with E-state index in [2.05, 4.69) is 39.5 Å². The zero-order valence-electron chi connectivity index (χ0n) is 13.0. The monoisotopic (exact) mass is 331 g/mol. The van der Waals surface area contributed by atoms with E-state index in [1.54, 1.807) is 11.7 Å². The maximum absolute atomic E-state index is 12.0. The van der Waals surface area contributed by atoms with Gasteiger partial charge in [0.05, 0.1) is 17.8 Å². The summed E-state index contributed by atoms with van der Waals surface area (Å²) < 4.78 is 5.87. The Morgan fingerprint density at radius 2 is 2.26 bits per heavy atom. The van der Waals surface area contributed by atoms with Crippen LogP contribution in [0.25, 0.3) is 0 Å². The topological polar surface area (TPSA) is 54.5 Å². The first kappa shape index (κ1) is 16.1. The molecular weight excluding hydrogens is 310 g/mol. The molecule has 23 heavy (non-hydrogen) atoms. The Bertz CT molecular complexity index is 604. The van der Waals surface area contributed by atoms with Crippen LogP contribution in [0.1, 0.15) is 21.7 Å². The van der Waals surface area contributed by atoms with Crippen LogP contribution in [-0.4, -0.2) is 48.1 Å². The first-order valence-corrected chi connectivity index (χ1v) is 8.74. The first-order valence-electron chi connectivity index (χ1n) is 7.86. The van der Waals surface area contributed by atoms with Gasteiger partial charge >= 0.3 is 0 Å². The Morgan fingerprint density at radius 1 is 1.39 bits per heavy atom. The van der Waals surface area contributed by atoms with Gasteiger partial charge in [-0.15, -0.1) is 11.3 Å². The molecule has 0 radical (unpaired) electrons. The van der Waals surface area contributed by atoms with Gasteiger partial charge in [-0.1, -0.05) is 30.3 Å². The lowest BCUT2D eigenvalue weighted by atomic mass is 10.2. The fraction of sp³-hybridized carbons (Fsp3) is 0.412. The van der Waals surface area contributed by atoms with Crippen molar-refractivity contribution in [2.45, 2.75) is 19.1 Å². The Kier molecular flexibility index (Phi) is 5.74. The Labute approximate surface area is 140 Å². The molecule has 122 valence electrons. The fourth-order valence-electron chi connectivity index (χ4n) is 2.70. The van der Waals surface area contributed by atoms with Crippen molar-refractivity contribution in [2.24, 2.45) is 0 Å². The molecule has 3 rings (SSSR count). The molecule has 1 N–H and O–H groups in total. The number of rotatable bonds is 5. The molecule has 0 spiro atoms. The fourth-order valence-corrected chi connectivity index (χ4v) is 3.24. The van der Waals surface area contributed by atoms with Crippen molar-refractivity contribution in [1.82, 2.24) is 15.2 Å². The van der Waals surface area contributed by atoms with Crippen molar-refractivity contribution in [1.29, 1.82) is 0 Å². The summed E-state index contributed by atoms with van der Waals surface area (Å²) in [6.07, 6.45) is 2.64. The number of nitrogens with zero attached hydrogens (tertiary/aromatic N) is 2. The Balaban J connectivity index is 1.52. The molecule has 2 heterocycles. The second kappa shape index (κ2) is 8.19. The molecule has 0 saturated carbocycles. The summed E-state index contributed by atoms with van der Waals surface area (Å²) in [5.74, 6) is -0.0741. The summed E-state index contributed by atoms with van der Waals surface area (Å²) in [7, 11) is 0. The summed E-state index contributed by atoms with van der Waals surface area (Å²) in [4.78, 5) is 19.0. The van der Waals surface area contributed by atoms with Gasteiger partial charge in [0.25, 0.3) is 5.91 Å². The highest BCUT2D eigenvalue weighted by molar-refractivity contribution is 7.11. The van der Waals surface area contributed by atoms with E-state index in [1.165, 1.54) is 16.9 Å². The van der Waals surface area contributed by atoms with Gasteiger partial charge in [0.15, 0.2) is 0 Å². The van der Waals surface area contributed by atoms with Gasteiger partial charge in [0, 0.05) is 32.8 Å². The maximum atomic E-state index is 12.0. The zero-order chi connectivity index (χ0) is 15.9. The first-order chi connectivity index (χ1) is 11.3. The van der Waals surface area contributed by atoms with Crippen LogP contribution in [0.5, 0.6) is 0 Å². The molecule has 1 atom stereocenters. The summed E-state index contributed by atoms with van der Waals surface area (Å²) in [6.45, 7) is 4.05. The third-order valence-electron chi connectivity index (χ3n) is 3.83. The van der Waals surface area contributed by atoms with Crippen LogP contribution in [-0.2, 0) is 11.3 Å². The second-order valence-electron chi connectivity index (χ2n) is 5.64. The number of aromatic nitrogens is 1. The van der Waals surface area contributed by atoms with Crippen molar-refractivity contribution in [3.8, 4) is 0 Å². The largest absolute Gasteiger partial charge is 0.375 e. The molecule has 1 amide bonds. The number of benzene rings is 1. The molecule has 1 aliphatic heterocycles. The van der Waals surface area contributed by atoms with Crippen molar-refractivity contribution in [3.05, 3.63) is 52.5 Å². The lowest BCUT2D eigenvalue weighted by Crippen LogP contribution is -2.39. The van der Waals surface area contributed by atoms with Gasteiger partial charge in [0.2, 0.25) is 0 Å². The third kappa shape index (κ3) is 4.86. The number of carbonyl (C=O) groups excluding carboxylic acids is 1. The standard InChI is InChI=1S/C17H21N3O2S/c21-17(16-10-18-13-23-16)19-9-15-12-20(7-4-8-22-15)11-14-5-2-1-3-6-14/h1-3,5-6,10,13,15H,4,7-9,11-12H2,(H,19,21)/t15-/m0/s1. The van der Waals surface area contributed by atoms with Crippen molar-refractivity contribution >= 4 is 17.2 Å². The Morgan fingerprint density at radius 3 is 3.04 bits per heavy atom. The summed E-state index contributed by atoms with van der Waals surface area (Å²) in [5.41, 5.74) is 2.97. The van der Waals surface area contributed by atoms with Crippen molar-refractivity contribution < 1.29 is 9.53 Å². The van der Waals surface area contributed by atoms with Gasteiger partial charge in [-0.2, -0.15) is 0 Å². The van der Waals surface area contributed by atoms with Crippen LogP contribution in [0.4, 0.5) is 0 Å². The van der Waals surface area contributed by atoms with E-state index in [4.69, 9.17) is 4.74 Å². The minimum atomic E-state index is -0.0741. The van der Waals surface area contributed by atoms with E-state index in [0.717, 1.165) is 32.7 Å². The van der Waals surface area contributed by atoms with E-state index in [9.17, 15) is 4.79 Å². The number of nitrogens with one attached hydrogen (secondary N) is 1. The van der Waals surface area contributed by atoms with Gasteiger partial charge in [-0.3, -0.25) is 14.7 Å². The molecular formula is C17H21N3O2S. The number of hydrogen-bond donors (Lipinski definition) is 1. The molecule has 1 aromatic heterocycles. The summed E-state index contributed by atoms with van der Waals surface area (Å²) in [6, 6.07) is 10.5. The van der Waals surface area contributed by atoms with E-state index < -0.39 is 0 Å². The number of ether oxygens (including phenoxy) is 1. The van der Waals surface area contributed by atoms with Crippen LogP contribution >= 0.6 is 11.3 Å². The van der Waals surface area contributed by atoms with Gasteiger partial charge in [-0.25, -0.2) is 0 Å². The lowest BCUT2D eigenvalue weighted by Gasteiger charge is -2.24. The average molecular weight is 331 g/mol. The molecule has 1 saturated heterocycles. The van der Waals surface area contributed by atoms with Crippen LogP contribution in [0.3, 0.4) is 0 Å². The highest BCUT2D eigenvalue weighted by Gasteiger charge is 2.20. The molecule has 6 heteroatoms. The molecule has 0 aliphatic carbocycles. The van der Waals surface area contributed by atoms with E-state index in [1.807, 2.05) is 6.07 Å². The van der Waals surface area contributed by atoms with Crippen molar-refractivity contribution in [3.63, 3.8) is 0 Å². The molecule has 1 fully saturated rings. The SMILES string of the molecule is O=C(NC[C@H]1CN(Cc2ccccc2)CCCO1)c1cncs1. The minimum absolute atomic E-state index is 0.0260. The third-order valence-corrected chi connectivity index (χ3v) is 4.60. The van der Waals surface area contributed by atoms with Gasteiger partial charge in [0.1, 0.15) is 4.88 Å². The highest BCUT2D eigenvalue weighted by atomic mass is 32.1. The van der Waals surface area contributed by atoms with Crippen LogP contribution in [0.2, 0.25) is 0 Å². The quantitative estimate of drug-likeness (QED) is 0.912. The predicted octanol–water partition coefficient (Wildman–Crippen LogP) is 2.16. The van der Waals surface area contributed by atoms with Crippen LogP contribution in [0.15, 0.2) is 42.0 Å². The van der Waals surface area contributed by atoms with Gasteiger partial charge in [-0.05, 0) is 12.0 Å². The molecule has 1 aliphatic rings. The van der Waals surface area contributed by atoms with Crippen LogP contribution in [0, 0.1) is 0 Å². The smallest absolute Gasteiger partial charge is 0.263 e. The molecule has 0 unspecified atom stereocenters. The molecule has 5 nitrogen and oxygen atoms in total. The van der Waals surface area contributed by atoms with Crippen molar-refractivity contribution in [2.75, 3.05) is 26.2 Å². The summed E-state index contributed by atoms with van der Waals surface area (Å²) in [5, 5.41) is 2.95. The van der Waals surface area contributed by atoms with Crippen LogP contribution < -0.4 is 5.32 Å². The van der Waals surface area contributed by atoms with E-state index in [0.29, 0.717) is 11.4 Å². The zero-order valence-corrected chi connectivity index (χ0v) is 13.8. The lowest BCUT2D eigenvalue weighted by molar-refractivity contribution is 0.0511. The minimum Gasteiger partial charge on any atom is -0.375 e. The second-order valence-corrected chi connectivity index (χ2v) is 6.53. The molecule has 1 aromatic carbocycles. The number of hydrogen-bond acceptors (Lipinski definition) is 5. The summed E-state index contributed by atoms with van der Waals surface area (Å²) >= 11 is 1.35.